The van der Waals surface area contributed by atoms with Crippen LogP contribution in [-0.4, -0.2) is 30.9 Å². The molecule has 0 heterocycles. The van der Waals surface area contributed by atoms with E-state index >= 15 is 0 Å². The molecule has 3 nitrogen and oxygen atoms in total. The lowest BCUT2D eigenvalue weighted by Gasteiger charge is -2.29. The number of carbonyl (C=O) groups excluding carboxylic acids is 1. The van der Waals surface area contributed by atoms with E-state index in [0.29, 0.717) is 13.0 Å². The fourth-order valence-corrected chi connectivity index (χ4v) is 1.20. The number of nitrogens with zero attached hydrogens (tertiary/aromatic N) is 1. The predicted octanol–water partition coefficient (Wildman–Crippen LogP) is 1.23. The Morgan fingerprint density at radius 1 is 1.46 bits per heavy atom. The van der Waals surface area contributed by atoms with E-state index in [-0.39, 0.29) is 11.3 Å². The molecule has 0 aliphatic rings. The van der Waals surface area contributed by atoms with Gasteiger partial charge >= 0.3 is 0 Å². The van der Waals surface area contributed by atoms with E-state index < -0.39 is 0 Å². The molecule has 0 bridgehead atoms. The van der Waals surface area contributed by atoms with Gasteiger partial charge in [0.25, 0.3) is 0 Å². The fourth-order valence-electron chi connectivity index (χ4n) is 1.20. The third-order valence-electron chi connectivity index (χ3n) is 2.11. The molecule has 0 radical (unpaired) electrons. The van der Waals surface area contributed by atoms with Gasteiger partial charge in [0.2, 0.25) is 5.91 Å². The minimum Gasteiger partial charge on any atom is -0.345 e. The van der Waals surface area contributed by atoms with Crippen molar-refractivity contribution in [2.45, 2.75) is 33.6 Å². The Morgan fingerprint density at radius 3 is 2.38 bits per heavy atom. The molecule has 1 amide bonds. The van der Waals surface area contributed by atoms with E-state index in [2.05, 4.69) is 13.8 Å². The minimum atomic E-state index is 0.0259. The average molecular weight is 186 g/mol. The normalized spacial score (nSPS) is 11.5. The van der Waals surface area contributed by atoms with Gasteiger partial charge in [-0.25, -0.2) is 0 Å². The highest BCUT2D eigenvalue weighted by Gasteiger charge is 2.20. The van der Waals surface area contributed by atoms with E-state index in [1.165, 1.54) is 0 Å². The average Bonchev–Trinajstić information content (AvgIpc) is 2.04. The zero-order valence-electron chi connectivity index (χ0n) is 9.26. The molecular weight excluding hydrogens is 164 g/mol. The second kappa shape index (κ2) is 5.22. The monoisotopic (exact) mass is 186 g/mol. The molecule has 0 aliphatic carbocycles. The van der Waals surface area contributed by atoms with Crippen LogP contribution in [0.2, 0.25) is 0 Å². The van der Waals surface area contributed by atoms with Crippen molar-refractivity contribution < 1.29 is 4.79 Å². The van der Waals surface area contributed by atoms with Crippen LogP contribution < -0.4 is 5.73 Å². The van der Waals surface area contributed by atoms with Crippen LogP contribution in [-0.2, 0) is 4.79 Å². The Bertz CT molecular complexity index is 166. The summed E-state index contributed by atoms with van der Waals surface area (Å²) in [5.41, 5.74) is 5.62. The highest BCUT2D eigenvalue weighted by molar-refractivity contribution is 5.75. The molecule has 0 aromatic carbocycles. The molecular formula is C10H22N2O. The third-order valence-corrected chi connectivity index (χ3v) is 2.11. The molecule has 0 rings (SSSR count). The highest BCUT2D eigenvalue weighted by atomic mass is 16.2. The van der Waals surface area contributed by atoms with Crippen molar-refractivity contribution in [2.75, 3.05) is 20.1 Å². The summed E-state index contributed by atoms with van der Waals surface area (Å²) in [6, 6.07) is 0. The van der Waals surface area contributed by atoms with Crippen molar-refractivity contribution in [2.24, 2.45) is 11.1 Å². The topological polar surface area (TPSA) is 46.3 Å². The van der Waals surface area contributed by atoms with E-state index in [9.17, 15) is 4.79 Å². The molecule has 0 saturated carbocycles. The number of hydrogen-bond acceptors (Lipinski definition) is 2. The molecule has 0 spiro atoms. The van der Waals surface area contributed by atoms with Crippen molar-refractivity contribution in [3.63, 3.8) is 0 Å². The van der Waals surface area contributed by atoms with Crippen molar-refractivity contribution >= 4 is 5.91 Å². The van der Waals surface area contributed by atoms with Gasteiger partial charge in [0.1, 0.15) is 0 Å². The van der Waals surface area contributed by atoms with Gasteiger partial charge in [-0.05, 0) is 18.4 Å². The second-order valence-electron chi connectivity index (χ2n) is 4.37. The zero-order valence-corrected chi connectivity index (χ0v) is 9.26. The Balaban J connectivity index is 3.99. The lowest BCUT2D eigenvalue weighted by atomic mass is 9.93. The summed E-state index contributed by atoms with van der Waals surface area (Å²) in [5.74, 6) is 0.212. The molecule has 0 saturated heterocycles. The molecule has 0 aromatic heterocycles. The van der Waals surface area contributed by atoms with E-state index in [1.807, 2.05) is 14.0 Å². The number of carbonyl (C=O) groups is 1. The summed E-state index contributed by atoms with van der Waals surface area (Å²) in [4.78, 5) is 13.2. The Hall–Kier alpha value is -0.570. The summed E-state index contributed by atoms with van der Waals surface area (Å²) >= 11 is 0. The molecule has 3 heteroatoms. The van der Waals surface area contributed by atoms with Crippen LogP contribution >= 0.6 is 0 Å². The summed E-state index contributed by atoms with van der Waals surface area (Å²) in [6.07, 6.45) is 1.55. The maximum atomic E-state index is 11.4. The first kappa shape index (κ1) is 12.4. The lowest BCUT2D eigenvalue weighted by molar-refractivity contribution is -0.131. The van der Waals surface area contributed by atoms with Crippen molar-refractivity contribution in [1.82, 2.24) is 4.90 Å². The van der Waals surface area contributed by atoms with Gasteiger partial charge in [-0.1, -0.05) is 20.8 Å². The fraction of sp³-hybridized carbons (Fsp3) is 0.900. The van der Waals surface area contributed by atoms with Crippen LogP contribution in [0.5, 0.6) is 0 Å². The van der Waals surface area contributed by atoms with Gasteiger partial charge in [-0.15, -0.1) is 0 Å². The Kier molecular flexibility index (Phi) is 4.99. The van der Waals surface area contributed by atoms with Gasteiger partial charge in [-0.2, -0.15) is 0 Å². The van der Waals surface area contributed by atoms with Gasteiger partial charge in [-0.3, -0.25) is 4.79 Å². The van der Waals surface area contributed by atoms with Crippen LogP contribution in [0.4, 0.5) is 0 Å². The first-order valence-electron chi connectivity index (χ1n) is 4.87. The summed E-state index contributed by atoms with van der Waals surface area (Å²) in [5, 5.41) is 0. The van der Waals surface area contributed by atoms with Crippen molar-refractivity contribution in [3.8, 4) is 0 Å². The van der Waals surface area contributed by atoms with Crippen LogP contribution in [0.15, 0.2) is 0 Å². The van der Waals surface area contributed by atoms with Gasteiger partial charge in [0.15, 0.2) is 0 Å². The summed E-state index contributed by atoms with van der Waals surface area (Å²) in [6.45, 7) is 7.50. The molecule has 2 N–H and O–H groups in total. The second-order valence-corrected chi connectivity index (χ2v) is 4.37. The standard InChI is InChI=1S/C10H22N2O/c1-5-6-9(13)12(4)8-10(2,3)7-11/h5-8,11H2,1-4H3. The maximum absolute atomic E-state index is 11.4. The molecule has 78 valence electrons. The quantitative estimate of drug-likeness (QED) is 0.702. The number of nitrogens with two attached hydrogens (primary N) is 1. The molecule has 0 fully saturated rings. The highest BCUT2D eigenvalue weighted by Crippen LogP contribution is 2.14. The number of amides is 1. The SMILES string of the molecule is CCCC(=O)N(C)CC(C)(C)CN. The number of rotatable bonds is 5. The van der Waals surface area contributed by atoms with Crippen molar-refractivity contribution in [1.29, 1.82) is 0 Å². The molecule has 0 aliphatic heterocycles. The predicted molar refractivity (Wildman–Crippen MR) is 55.4 cm³/mol. The molecule has 0 aromatic rings. The van der Waals surface area contributed by atoms with Gasteiger partial charge in [0, 0.05) is 20.0 Å². The summed E-state index contributed by atoms with van der Waals surface area (Å²) in [7, 11) is 1.84. The lowest BCUT2D eigenvalue weighted by Crippen LogP contribution is -2.39. The third kappa shape index (κ3) is 4.88. The van der Waals surface area contributed by atoms with Crippen LogP contribution in [0.3, 0.4) is 0 Å². The van der Waals surface area contributed by atoms with Gasteiger partial charge < -0.3 is 10.6 Å². The first-order valence-corrected chi connectivity index (χ1v) is 4.87. The van der Waals surface area contributed by atoms with Gasteiger partial charge in [0.05, 0.1) is 0 Å². The first-order chi connectivity index (χ1) is 5.93. The molecule has 0 unspecified atom stereocenters. The molecule has 13 heavy (non-hydrogen) atoms. The number of hydrogen-bond donors (Lipinski definition) is 1. The van der Waals surface area contributed by atoms with E-state index in [0.717, 1.165) is 13.0 Å². The zero-order chi connectivity index (χ0) is 10.5. The van der Waals surface area contributed by atoms with Crippen LogP contribution in [0.1, 0.15) is 33.6 Å². The maximum Gasteiger partial charge on any atom is 0.222 e. The largest absolute Gasteiger partial charge is 0.345 e. The smallest absolute Gasteiger partial charge is 0.222 e. The Morgan fingerprint density at radius 2 is 2.00 bits per heavy atom. The van der Waals surface area contributed by atoms with E-state index in [1.54, 1.807) is 4.90 Å². The van der Waals surface area contributed by atoms with E-state index in [4.69, 9.17) is 5.73 Å². The molecule has 0 atom stereocenters. The van der Waals surface area contributed by atoms with Crippen LogP contribution in [0.25, 0.3) is 0 Å². The van der Waals surface area contributed by atoms with Crippen LogP contribution in [0, 0.1) is 5.41 Å². The van der Waals surface area contributed by atoms with Crippen molar-refractivity contribution in [3.05, 3.63) is 0 Å². The Labute approximate surface area is 81.3 Å². The minimum absolute atomic E-state index is 0.0259. The summed E-state index contributed by atoms with van der Waals surface area (Å²) < 4.78 is 0.